The highest BCUT2D eigenvalue weighted by molar-refractivity contribution is 5.60. The molecule has 0 amide bonds. The van der Waals surface area contributed by atoms with Crippen molar-refractivity contribution in [3.05, 3.63) is 35.9 Å². The molecule has 0 aliphatic heterocycles. The first kappa shape index (κ1) is 15.5. The lowest BCUT2D eigenvalue weighted by molar-refractivity contribution is 0.0985. The van der Waals surface area contributed by atoms with Gasteiger partial charge < -0.3 is 14.6 Å². The number of rotatable bonds is 5. The molecule has 3 heteroatoms. The molecule has 0 aliphatic carbocycles. The Labute approximate surface area is 104 Å². The van der Waals surface area contributed by atoms with Crippen molar-refractivity contribution in [2.45, 2.75) is 27.7 Å². The van der Waals surface area contributed by atoms with Gasteiger partial charge in [0, 0.05) is 5.56 Å². The van der Waals surface area contributed by atoms with Gasteiger partial charge in [-0.15, -0.1) is 0 Å². The van der Waals surface area contributed by atoms with Gasteiger partial charge in [-0.1, -0.05) is 13.8 Å². The molecule has 0 bridgehead atoms. The quantitative estimate of drug-likeness (QED) is 0.631. The SMILES string of the molecule is C/C=C(\OCC)c1ccc(OCO)cc1.CC. The summed E-state index contributed by atoms with van der Waals surface area (Å²) < 4.78 is 10.4. The van der Waals surface area contributed by atoms with Crippen molar-refractivity contribution in [1.82, 2.24) is 0 Å². The minimum atomic E-state index is -0.304. The fourth-order valence-electron chi connectivity index (χ4n) is 1.28. The summed E-state index contributed by atoms with van der Waals surface area (Å²) in [5.41, 5.74) is 1.00. The lowest BCUT2D eigenvalue weighted by Gasteiger charge is -2.09. The lowest BCUT2D eigenvalue weighted by Crippen LogP contribution is -1.95. The van der Waals surface area contributed by atoms with E-state index in [-0.39, 0.29) is 6.79 Å². The second-order valence-corrected chi connectivity index (χ2v) is 2.88. The van der Waals surface area contributed by atoms with Gasteiger partial charge in [-0.2, -0.15) is 0 Å². The second-order valence-electron chi connectivity index (χ2n) is 2.88. The zero-order valence-electron chi connectivity index (χ0n) is 11.1. The number of allylic oxidation sites excluding steroid dienone is 1. The highest BCUT2D eigenvalue weighted by atomic mass is 16.6. The van der Waals surface area contributed by atoms with Gasteiger partial charge in [-0.3, -0.25) is 0 Å². The summed E-state index contributed by atoms with van der Waals surface area (Å²) in [6.07, 6.45) is 1.92. The van der Waals surface area contributed by atoms with Crippen molar-refractivity contribution in [2.75, 3.05) is 13.4 Å². The molecular weight excluding hydrogens is 216 g/mol. The van der Waals surface area contributed by atoms with E-state index in [9.17, 15) is 0 Å². The third-order valence-corrected chi connectivity index (χ3v) is 1.93. The zero-order valence-corrected chi connectivity index (χ0v) is 11.1. The molecule has 0 aliphatic rings. The molecule has 3 nitrogen and oxygen atoms in total. The van der Waals surface area contributed by atoms with Crippen molar-refractivity contribution >= 4 is 5.76 Å². The normalized spacial score (nSPS) is 10.3. The van der Waals surface area contributed by atoms with Crippen LogP contribution in [0, 0.1) is 0 Å². The van der Waals surface area contributed by atoms with E-state index in [4.69, 9.17) is 14.6 Å². The standard InChI is InChI=1S/C12H16O3.C2H6/c1-3-12(14-4-2)10-5-7-11(8-6-10)15-9-13;1-2/h3,5-8,13H,4,9H2,1-2H3;1-2H3/b12-3-;. The molecule has 1 aromatic rings. The van der Waals surface area contributed by atoms with Crippen LogP contribution in [-0.2, 0) is 4.74 Å². The monoisotopic (exact) mass is 238 g/mol. The van der Waals surface area contributed by atoms with Crippen molar-refractivity contribution in [2.24, 2.45) is 0 Å². The van der Waals surface area contributed by atoms with E-state index >= 15 is 0 Å². The van der Waals surface area contributed by atoms with Gasteiger partial charge in [-0.05, 0) is 44.2 Å². The van der Waals surface area contributed by atoms with E-state index in [2.05, 4.69) is 0 Å². The van der Waals surface area contributed by atoms with Crippen LogP contribution in [0.2, 0.25) is 0 Å². The Morgan fingerprint density at radius 3 is 2.24 bits per heavy atom. The molecule has 1 aromatic carbocycles. The number of aliphatic hydroxyl groups is 1. The summed E-state index contributed by atoms with van der Waals surface area (Å²) in [5.74, 6) is 1.50. The van der Waals surface area contributed by atoms with Crippen LogP contribution in [0.25, 0.3) is 5.76 Å². The van der Waals surface area contributed by atoms with Crippen LogP contribution in [0.1, 0.15) is 33.3 Å². The van der Waals surface area contributed by atoms with Crippen LogP contribution in [0.3, 0.4) is 0 Å². The number of hydrogen-bond donors (Lipinski definition) is 1. The van der Waals surface area contributed by atoms with Gasteiger partial charge in [0.05, 0.1) is 6.61 Å². The zero-order chi connectivity index (χ0) is 13.1. The first-order valence-electron chi connectivity index (χ1n) is 5.95. The van der Waals surface area contributed by atoms with E-state index in [1.807, 2.05) is 45.9 Å². The molecule has 0 saturated carbocycles. The Kier molecular flexibility index (Phi) is 8.88. The van der Waals surface area contributed by atoms with E-state index in [0.717, 1.165) is 11.3 Å². The summed E-state index contributed by atoms with van der Waals surface area (Å²) in [6.45, 7) is 8.23. The van der Waals surface area contributed by atoms with E-state index < -0.39 is 0 Å². The number of benzene rings is 1. The van der Waals surface area contributed by atoms with Crippen LogP contribution in [-0.4, -0.2) is 18.5 Å². The molecule has 0 atom stereocenters. The summed E-state index contributed by atoms with van der Waals surface area (Å²) in [7, 11) is 0. The molecule has 17 heavy (non-hydrogen) atoms. The maximum atomic E-state index is 8.57. The highest BCUT2D eigenvalue weighted by Gasteiger charge is 2.01. The Morgan fingerprint density at radius 1 is 1.24 bits per heavy atom. The van der Waals surface area contributed by atoms with Crippen molar-refractivity contribution in [1.29, 1.82) is 0 Å². The largest absolute Gasteiger partial charge is 0.494 e. The maximum absolute atomic E-state index is 8.57. The molecule has 1 N–H and O–H groups in total. The van der Waals surface area contributed by atoms with Gasteiger partial charge in [-0.25, -0.2) is 0 Å². The maximum Gasteiger partial charge on any atom is 0.186 e. The molecule has 0 heterocycles. The highest BCUT2D eigenvalue weighted by Crippen LogP contribution is 2.19. The summed E-state index contributed by atoms with van der Waals surface area (Å²) in [6, 6.07) is 7.40. The molecule has 0 spiro atoms. The topological polar surface area (TPSA) is 38.7 Å². The van der Waals surface area contributed by atoms with E-state index in [1.165, 1.54) is 0 Å². The minimum Gasteiger partial charge on any atom is -0.494 e. The predicted octanol–water partition coefficient (Wildman–Crippen LogP) is 3.44. The number of hydrogen-bond acceptors (Lipinski definition) is 3. The van der Waals surface area contributed by atoms with Gasteiger partial charge in [0.1, 0.15) is 11.5 Å². The third kappa shape index (κ3) is 5.41. The van der Waals surface area contributed by atoms with Crippen molar-refractivity contribution in [3.8, 4) is 5.75 Å². The van der Waals surface area contributed by atoms with Crippen LogP contribution in [0.5, 0.6) is 5.75 Å². The lowest BCUT2D eigenvalue weighted by atomic mass is 10.2. The molecule has 96 valence electrons. The molecule has 0 radical (unpaired) electrons. The Morgan fingerprint density at radius 2 is 1.82 bits per heavy atom. The van der Waals surface area contributed by atoms with Gasteiger partial charge in [0.15, 0.2) is 6.79 Å². The Bertz CT molecular complexity index is 315. The summed E-state index contributed by atoms with van der Waals surface area (Å²) in [5, 5.41) is 8.57. The first-order chi connectivity index (χ1) is 8.31. The molecule has 0 saturated heterocycles. The molecular formula is C14H22O3. The van der Waals surface area contributed by atoms with E-state index in [0.29, 0.717) is 12.4 Å². The second kappa shape index (κ2) is 9.73. The van der Waals surface area contributed by atoms with Crippen LogP contribution in [0.4, 0.5) is 0 Å². The fraction of sp³-hybridized carbons (Fsp3) is 0.429. The van der Waals surface area contributed by atoms with Crippen LogP contribution in [0.15, 0.2) is 30.3 Å². The van der Waals surface area contributed by atoms with Crippen LogP contribution < -0.4 is 4.74 Å². The average Bonchev–Trinajstić information content (AvgIpc) is 2.40. The summed E-state index contributed by atoms with van der Waals surface area (Å²) in [4.78, 5) is 0. The van der Waals surface area contributed by atoms with Gasteiger partial charge in [0.25, 0.3) is 0 Å². The van der Waals surface area contributed by atoms with Crippen molar-refractivity contribution in [3.63, 3.8) is 0 Å². The predicted molar refractivity (Wildman–Crippen MR) is 70.8 cm³/mol. The fourth-order valence-corrected chi connectivity index (χ4v) is 1.28. The molecule has 0 aromatic heterocycles. The summed E-state index contributed by atoms with van der Waals surface area (Å²) >= 11 is 0. The van der Waals surface area contributed by atoms with Crippen molar-refractivity contribution < 1.29 is 14.6 Å². The Hall–Kier alpha value is -1.48. The van der Waals surface area contributed by atoms with Gasteiger partial charge >= 0.3 is 0 Å². The third-order valence-electron chi connectivity index (χ3n) is 1.93. The molecule has 0 unspecified atom stereocenters. The smallest absolute Gasteiger partial charge is 0.186 e. The average molecular weight is 238 g/mol. The van der Waals surface area contributed by atoms with E-state index in [1.54, 1.807) is 12.1 Å². The number of ether oxygens (including phenoxy) is 2. The number of aliphatic hydroxyl groups excluding tert-OH is 1. The first-order valence-corrected chi connectivity index (χ1v) is 5.95. The Balaban J connectivity index is 0.00000121. The van der Waals surface area contributed by atoms with Gasteiger partial charge in [0.2, 0.25) is 0 Å². The molecule has 0 fully saturated rings. The van der Waals surface area contributed by atoms with Crippen LogP contribution >= 0.6 is 0 Å². The minimum absolute atomic E-state index is 0.304. The molecule has 1 rings (SSSR count).